The topological polar surface area (TPSA) is 118 Å². The number of nitrogen functional groups attached to an aromatic ring is 1. The molecule has 0 fully saturated rings. The normalized spacial score (nSPS) is 10.6. The molecule has 21 heavy (non-hydrogen) atoms. The van der Waals surface area contributed by atoms with E-state index in [9.17, 15) is 9.59 Å². The molecule has 7 nitrogen and oxygen atoms in total. The van der Waals surface area contributed by atoms with E-state index < -0.39 is 5.56 Å². The van der Waals surface area contributed by atoms with Crippen molar-refractivity contribution in [3.8, 4) is 6.07 Å². The molecule has 2 aromatic heterocycles. The van der Waals surface area contributed by atoms with E-state index in [4.69, 9.17) is 11.0 Å². The van der Waals surface area contributed by atoms with E-state index >= 15 is 0 Å². The first-order chi connectivity index (χ1) is 10.1. The average molecular weight is 299 g/mol. The number of hydrogen-bond acceptors (Lipinski definition) is 6. The van der Waals surface area contributed by atoms with Gasteiger partial charge >= 0.3 is 4.87 Å². The van der Waals surface area contributed by atoms with Gasteiger partial charge in [0, 0.05) is 0 Å². The third kappa shape index (κ3) is 2.30. The van der Waals surface area contributed by atoms with Gasteiger partial charge in [0.15, 0.2) is 5.65 Å². The monoisotopic (exact) mass is 299 g/mol. The van der Waals surface area contributed by atoms with Crippen molar-refractivity contribution in [2.45, 2.75) is 6.54 Å². The highest BCUT2D eigenvalue weighted by Gasteiger charge is 2.13. The van der Waals surface area contributed by atoms with Crippen LogP contribution in [0.2, 0.25) is 0 Å². The average Bonchev–Trinajstić information content (AvgIpc) is 2.77. The summed E-state index contributed by atoms with van der Waals surface area (Å²) in [5.74, 6) is -0.0288. The number of nitriles is 1. The first-order valence-corrected chi connectivity index (χ1v) is 6.78. The van der Waals surface area contributed by atoms with Crippen LogP contribution in [0.1, 0.15) is 11.1 Å². The van der Waals surface area contributed by atoms with Gasteiger partial charge < -0.3 is 5.73 Å². The Balaban J connectivity index is 2.12. The van der Waals surface area contributed by atoms with Crippen LogP contribution in [-0.2, 0) is 6.54 Å². The zero-order valence-corrected chi connectivity index (χ0v) is 11.5. The molecule has 0 atom stereocenters. The number of rotatable bonds is 2. The maximum Gasteiger partial charge on any atom is 0.309 e. The number of H-pyrrole nitrogens is 1. The molecule has 8 heteroatoms. The molecular formula is C13H9N5O2S. The lowest BCUT2D eigenvalue weighted by atomic mass is 10.1. The van der Waals surface area contributed by atoms with Crippen molar-refractivity contribution in [1.82, 2.24) is 14.5 Å². The molecule has 3 rings (SSSR count). The number of hydrogen-bond donors (Lipinski definition) is 2. The lowest BCUT2D eigenvalue weighted by Crippen LogP contribution is -2.16. The molecule has 3 N–H and O–H groups in total. The minimum atomic E-state index is -0.418. The molecule has 2 heterocycles. The van der Waals surface area contributed by atoms with Crippen LogP contribution in [-0.4, -0.2) is 14.5 Å². The minimum Gasteiger partial charge on any atom is -0.369 e. The fraction of sp³-hybridized carbons (Fsp3) is 0.0769. The highest BCUT2D eigenvalue weighted by molar-refractivity contribution is 7.16. The fourth-order valence-corrected chi connectivity index (χ4v) is 2.80. The second-order valence-corrected chi connectivity index (χ2v) is 5.33. The van der Waals surface area contributed by atoms with Gasteiger partial charge in [-0.1, -0.05) is 23.5 Å². The van der Waals surface area contributed by atoms with Gasteiger partial charge in [0.1, 0.15) is 4.70 Å². The van der Waals surface area contributed by atoms with Gasteiger partial charge in [-0.25, -0.2) is 0 Å². The van der Waals surface area contributed by atoms with Gasteiger partial charge in [0.05, 0.1) is 18.2 Å². The number of nitrogens with zero attached hydrogens (tertiary/aromatic N) is 3. The summed E-state index contributed by atoms with van der Waals surface area (Å²) in [6, 6.07) is 8.88. The smallest absolute Gasteiger partial charge is 0.309 e. The number of nitrogens with one attached hydrogen (secondary N) is 1. The Morgan fingerprint density at radius 1 is 1.33 bits per heavy atom. The summed E-state index contributed by atoms with van der Waals surface area (Å²) in [5.41, 5.74) is 6.75. The molecule has 0 aliphatic rings. The van der Waals surface area contributed by atoms with Crippen molar-refractivity contribution in [2.75, 3.05) is 5.73 Å². The van der Waals surface area contributed by atoms with Crippen LogP contribution in [0.25, 0.3) is 10.3 Å². The fourth-order valence-electron chi connectivity index (χ4n) is 1.98. The van der Waals surface area contributed by atoms with Crippen LogP contribution in [0.4, 0.5) is 5.95 Å². The van der Waals surface area contributed by atoms with E-state index in [1.165, 1.54) is 4.57 Å². The van der Waals surface area contributed by atoms with Crippen molar-refractivity contribution in [3.63, 3.8) is 0 Å². The molecule has 0 aliphatic carbocycles. The molecule has 0 amide bonds. The summed E-state index contributed by atoms with van der Waals surface area (Å²) in [7, 11) is 0. The number of anilines is 1. The lowest BCUT2D eigenvalue weighted by Gasteiger charge is -2.03. The van der Waals surface area contributed by atoms with Gasteiger partial charge in [0.2, 0.25) is 5.95 Å². The van der Waals surface area contributed by atoms with E-state index in [0.29, 0.717) is 5.56 Å². The number of benzene rings is 1. The first kappa shape index (κ1) is 13.1. The third-order valence-corrected chi connectivity index (χ3v) is 3.93. The second-order valence-electron chi connectivity index (χ2n) is 4.37. The maximum atomic E-state index is 12.0. The van der Waals surface area contributed by atoms with Crippen LogP contribution in [0, 0.1) is 11.3 Å². The molecule has 0 spiro atoms. The third-order valence-electron chi connectivity index (χ3n) is 2.97. The number of nitrogens with two attached hydrogens (primary N) is 1. The van der Waals surface area contributed by atoms with Crippen molar-refractivity contribution in [1.29, 1.82) is 5.26 Å². The molecule has 0 saturated carbocycles. The molecule has 0 bridgehead atoms. The lowest BCUT2D eigenvalue weighted by molar-refractivity contribution is 0.803. The van der Waals surface area contributed by atoms with Gasteiger partial charge in [-0.2, -0.15) is 10.2 Å². The van der Waals surface area contributed by atoms with Crippen LogP contribution < -0.4 is 16.2 Å². The summed E-state index contributed by atoms with van der Waals surface area (Å²) in [5, 5.41) is 8.77. The van der Waals surface area contributed by atoms with Gasteiger partial charge in [-0.3, -0.25) is 19.1 Å². The Labute approximate surface area is 121 Å². The first-order valence-electron chi connectivity index (χ1n) is 5.96. The largest absolute Gasteiger partial charge is 0.369 e. The highest BCUT2D eigenvalue weighted by atomic mass is 32.1. The predicted molar refractivity (Wildman–Crippen MR) is 79.2 cm³/mol. The molecule has 0 unspecified atom stereocenters. The van der Waals surface area contributed by atoms with Crippen molar-refractivity contribution in [2.24, 2.45) is 0 Å². The van der Waals surface area contributed by atoms with Crippen LogP contribution >= 0.6 is 11.3 Å². The van der Waals surface area contributed by atoms with E-state index in [2.05, 4.69) is 9.97 Å². The SMILES string of the molecule is N#Cc1ccc(Cn2c(=O)sc3c(=O)[nH]c(N)nc32)cc1. The number of thiazole rings is 1. The number of fused-ring (bicyclic) bond motifs is 1. The Bertz CT molecular complexity index is 975. The molecule has 0 saturated heterocycles. The van der Waals surface area contributed by atoms with Gasteiger partial charge in [-0.15, -0.1) is 0 Å². The van der Waals surface area contributed by atoms with Crippen molar-refractivity contribution < 1.29 is 0 Å². The summed E-state index contributed by atoms with van der Waals surface area (Å²) in [6.07, 6.45) is 0. The maximum absolute atomic E-state index is 12.0. The second kappa shape index (κ2) is 4.88. The van der Waals surface area contributed by atoms with Crippen LogP contribution in [0.3, 0.4) is 0 Å². The summed E-state index contributed by atoms with van der Waals surface area (Å²) in [4.78, 5) is 29.9. The summed E-state index contributed by atoms with van der Waals surface area (Å²) < 4.78 is 1.65. The Kier molecular flexibility index (Phi) is 3.04. The zero-order chi connectivity index (χ0) is 15.0. The molecule has 1 aromatic carbocycles. The Morgan fingerprint density at radius 2 is 2.05 bits per heavy atom. The van der Waals surface area contributed by atoms with E-state index in [0.717, 1.165) is 16.9 Å². The van der Waals surface area contributed by atoms with E-state index in [-0.39, 0.29) is 27.7 Å². The van der Waals surface area contributed by atoms with E-state index in [1.807, 2.05) is 6.07 Å². The predicted octanol–water partition coefficient (Wildman–Crippen LogP) is 0.648. The van der Waals surface area contributed by atoms with E-state index in [1.54, 1.807) is 24.3 Å². The highest BCUT2D eigenvalue weighted by Crippen LogP contribution is 2.13. The molecule has 0 aliphatic heterocycles. The van der Waals surface area contributed by atoms with Gasteiger partial charge in [-0.05, 0) is 17.7 Å². The van der Waals surface area contributed by atoms with Crippen LogP contribution in [0.5, 0.6) is 0 Å². The zero-order valence-electron chi connectivity index (χ0n) is 10.7. The van der Waals surface area contributed by atoms with Gasteiger partial charge in [0.25, 0.3) is 5.56 Å². The van der Waals surface area contributed by atoms with Crippen molar-refractivity contribution >= 4 is 27.6 Å². The standard InChI is InChI=1S/C13H9N5O2S/c14-5-7-1-3-8(4-2-7)6-18-10-9(21-13(18)20)11(19)17-12(15)16-10/h1-4H,6H2,(H3,15,16,17,19). The Morgan fingerprint density at radius 3 is 2.71 bits per heavy atom. The Hall–Kier alpha value is -2.92. The summed E-state index contributed by atoms with van der Waals surface area (Å²) >= 11 is 0.834. The molecular weight excluding hydrogens is 290 g/mol. The van der Waals surface area contributed by atoms with Crippen LogP contribution in [0.15, 0.2) is 33.9 Å². The number of aromatic nitrogens is 3. The molecule has 0 radical (unpaired) electrons. The van der Waals surface area contributed by atoms with Crippen molar-refractivity contribution in [3.05, 3.63) is 55.4 Å². The summed E-state index contributed by atoms with van der Waals surface area (Å²) in [6.45, 7) is 0.264. The molecule has 104 valence electrons. The molecule has 3 aromatic rings. The minimum absolute atomic E-state index is 0.0288. The quantitative estimate of drug-likeness (QED) is 0.720. The number of aromatic amines is 1.